The second-order valence-corrected chi connectivity index (χ2v) is 3.63. The maximum Gasteiger partial charge on any atom is 0.217 e. The Bertz CT molecular complexity index is 291. The summed E-state index contributed by atoms with van der Waals surface area (Å²) in [5.74, 6) is -0.0686. The molecule has 0 saturated heterocycles. The number of nitrogens with two attached hydrogens (primary N) is 1. The van der Waals surface area contributed by atoms with Gasteiger partial charge in [0.25, 0.3) is 0 Å². The van der Waals surface area contributed by atoms with Gasteiger partial charge >= 0.3 is 0 Å². The molecule has 0 atom stereocenters. The summed E-state index contributed by atoms with van der Waals surface area (Å²) in [6.07, 6.45) is 3.63. The van der Waals surface area contributed by atoms with Crippen LogP contribution in [0.5, 0.6) is 5.75 Å². The largest absolute Gasteiger partial charge is 0.508 e. The maximum atomic E-state index is 10.4. The van der Waals surface area contributed by atoms with Crippen LogP contribution in [0.1, 0.15) is 38.7 Å². The van der Waals surface area contributed by atoms with Crippen molar-refractivity contribution in [3.8, 4) is 5.75 Å². The smallest absolute Gasteiger partial charge is 0.217 e. The number of unbranched alkanes of at least 4 members (excludes halogenated alkanes) is 1. The number of benzene rings is 1. The van der Waals surface area contributed by atoms with Gasteiger partial charge in [0.15, 0.2) is 0 Å². The topological polar surface area (TPSA) is 63.3 Å². The SMILES string of the molecule is CCCC.NC(=O)CCc1ccc(O)cc1. The van der Waals surface area contributed by atoms with Crippen molar-refractivity contribution in [1.82, 2.24) is 0 Å². The minimum Gasteiger partial charge on any atom is -0.508 e. The maximum absolute atomic E-state index is 10.4. The summed E-state index contributed by atoms with van der Waals surface area (Å²) in [6, 6.07) is 6.74. The first-order valence-corrected chi connectivity index (χ1v) is 5.66. The van der Waals surface area contributed by atoms with Crippen LogP contribution in [-0.4, -0.2) is 11.0 Å². The lowest BCUT2D eigenvalue weighted by atomic mass is 10.1. The average molecular weight is 223 g/mol. The van der Waals surface area contributed by atoms with E-state index in [4.69, 9.17) is 10.8 Å². The Balaban J connectivity index is 0.000000487. The molecule has 0 aliphatic heterocycles. The lowest BCUT2D eigenvalue weighted by Gasteiger charge is -1.98. The highest BCUT2D eigenvalue weighted by molar-refractivity contribution is 5.73. The molecule has 0 unspecified atom stereocenters. The molecule has 0 fully saturated rings. The molecule has 0 bridgehead atoms. The van der Waals surface area contributed by atoms with Gasteiger partial charge in [-0.25, -0.2) is 0 Å². The minimum atomic E-state index is -0.303. The number of hydrogen-bond donors (Lipinski definition) is 2. The molecule has 0 aromatic heterocycles. The second kappa shape index (κ2) is 8.77. The van der Waals surface area contributed by atoms with Crippen LogP contribution in [0.15, 0.2) is 24.3 Å². The zero-order valence-corrected chi connectivity index (χ0v) is 10.1. The summed E-state index contributed by atoms with van der Waals surface area (Å²) in [7, 11) is 0. The van der Waals surface area contributed by atoms with E-state index in [0.717, 1.165) is 5.56 Å². The minimum absolute atomic E-state index is 0.234. The number of phenols is 1. The first-order chi connectivity index (χ1) is 7.60. The van der Waals surface area contributed by atoms with Gasteiger partial charge in [-0.05, 0) is 24.1 Å². The van der Waals surface area contributed by atoms with E-state index in [2.05, 4.69) is 13.8 Å². The van der Waals surface area contributed by atoms with Gasteiger partial charge in [0.2, 0.25) is 5.91 Å². The Hall–Kier alpha value is -1.51. The molecule has 16 heavy (non-hydrogen) atoms. The van der Waals surface area contributed by atoms with Crippen LogP contribution in [0.4, 0.5) is 0 Å². The van der Waals surface area contributed by atoms with Crippen molar-refractivity contribution in [2.24, 2.45) is 5.73 Å². The molecule has 3 heteroatoms. The summed E-state index contributed by atoms with van der Waals surface area (Å²) in [4.78, 5) is 10.4. The van der Waals surface area contributed by atoms with Crippen molar-refractivity contribution in [3.63, 3.8) is 0 Å². The summed E-state index contributed by atoms with van der Waals surface area (Å²) >= 11 is 0. The van der Waals surface area contributed by atoms with E-state index in [1.165, 1.54) is 12.8 Å². The van der Waals surface area contributed by atoms with Crippen molar-refractivity contribution >= 4 is 5.91 Å². The van der Waals surface area contributed by atoms with E-state index in [9.17, 15) is 4.79 Å². The molecule has 0 spiro atoms. The zero-order valence-electron chi connectivity index (χ0n) is 10.1. The Kier molecular flexibility index (Phi) is 7.94. The second-order valence-electron chi connectivity index (χ2n) is 3.63. The third-order valence-corrected chi connectivity index (χ3v) is 2.10. The molecule has 1 amide bonds. The highest BCUT2D eigenvalue weighted by Crippen LogP contribution is 2.10. The molecule has 1 rings (SSSR count). The van der Waals surface area contributed by atoms with Gasteiger partial charge in [0.1, 0.15) is 5.75 Å². The average Bonchev–Trinajstić information content (AvgIpc) is 2.28. The highest BCUT2D eigenvalue weighted by atomic mass is 16.3. The quantitative estimate of drug-likeness (QED) is 0.824. The van der Waals surface area contributed by atoms with Crippen molar-refractivity contribution in [2.45, 2.75) is 39.5 Å². The van der Waals surface area contributed by atoms with Gasteiger partial charge < -0.3 is 10.8 Å². The Morgan fingerprint density at radius 2 is 1.69 bits per heavy atom. The molecule has 1 aromatic carbocycles. The van der Waals surface area contributed by atoms with Gasteiger partial charge in [-0.15, -0.1) is 0 Å². The molecule has 3 nitrogen and oxygen atoms in total. The molecule has 0 aliphatic carbocycles. The molecule has 0 aliphatic rings. The van der Waals surface area contributed by atoms with Gasteiger partial charge in [0.05, 0.1) is 0 Å². The van der Waals surface area contributed by atoms with Gasteiger partial charge in [-0.2, -0.15) is 0 Å². The predicted octanol–water partition coefficient (Wildman–Crippen LogP) is 2.62. The lowest BCUT2D eigenvalue weighted by molar-refractivity contribution is -0.117. The van der Waals surface area contributed by atoms with E-state index in [0.29, 0.717) is 12.8 Å². The normalized spacial score (nSPS) is 9.12. The van der Waals surface area contributed by atoms with Crippen molar-refractivity contribution < 1.29 is 9.90 Å². The molecule has 3 N–H and O–H groups in total. The van der Waals surface area contributed by atoms with Crippen LogP contribution in [0.3, 0.4) is 0 Å². The van der Waals surface area contributed by atoms with Crippen molar-refractivity contribution in [3.05, 3.63) is 29.8 Å². The third kappa shape index (κ3) is 7.85. The third-order valence-electron chi connectivity index (χ3n) is 2.10. The number of aromatic hydroxyl groups is 1. The summed E-state index contributed by atoms with van der Waals surface area (Å²) < 4.78 is 0. The molecule has 0 saturated carbocycles. The van der Waals surface area contributed by atoms with Crippen LogP contribution in [0.25, 0.3) is 0 Å². The first-order valence-electron chi connectivity index (χ1n) is 5.66. The fourth-order valence-corrected chi connectivity index (χ4v) is 0.930. The van der Waals surface area contributed by atoms with E-state index >= 15 is 0 Å². The summed E-state index contributed by atoms with van der Waals surface area (Å²) in [6.45, 7) is 4.36. The van der Waals surface area contributed by atoms with Crippen LogP contribution >= 0.6 is 0 Å². The van der Waals surface area contributed by atoms with Crippen LogP contribution < -0.4 is 5.73 Å². The van der Waals surface area contributed by atoms with Gasteiger partial charge in [-0.3, -0.25) is 4.79 Å². The van der Waals surface area contributed by atoms with E-state index in [1.807, 2.05) is 0 Å². The molecule has 1 aromatic rings. The van der Waals surface area contributed by atoms with Crippen LogP contribution in [0, 0.1) is 0 Å². The predicted molar refractivity (Wildman–Crippen MR) is 66.2 cm³/mol. The van der Waals surface area contributed by atoms with Crippen LogP contribution in [0.2, 0.25) is 0 Å². The van der Waals surface area contributed by atoms with E-state index in [-0.39, 0.29) is 11.7 Å². The summed E-state index contributed by atoms with van der Waals surface area (Å²) in [5.41, 5.74) is 5.99. The lowest BCUT2D eigenvalue weighted by Crippen LogP contribution is -2.10. The number of carbonyl (C=O) groups excluding carboxylic acids is 1. The highest BCUT2D eigenvalue weighted by Gasteiger charge is 1.96. The Labute approximate surface area is 97.3 Å². The van der Waals surface area contributed by atoms with E-state index < -0.39 is 0 Å². The number of phenolic OH excluding ortho intramolecular Hbond substituents is 1. The van der Waals surface area contributed by atoms with Gasteiger partial charge in [-0.1, -0.05) is 38.8 Å². The number of amides is 1. The zero-order chi connectivity index (χ0) is 12.4. The number of primary amides is 1. The molecule has 0 heterocycles. The summed E-state index contributed by atoms with van der Waals surface area (Å²) in [5, 5.41) is 8.94. The molecular weight excluding hydrogens is 202 g/mol. The fourth-order valence-electron chi connectivity index (χ4n) is 0.930. The number of rotatable bonds is 4. The monoisotopic (exact) mass is 223 g/mol. The number of aryl methyl sites for hydroxylation is 1. The number of hydrogen-bond acceptors (Lipinski definition) is 2. The fraction of sp³-hybridized carbons (Fsp3) is 0.462. The first kappa shape index (κ1) is 14.5. The Morgan fingerprint density at radius 1 is 1.19 bits per heavy atom. The number of carbonyl (C=O) groups is 1. The van der Waals surface area contributed by atoms with E-state index in [1.54, 1.807) is 24.3 Å². The molecule has 90 valence electrons. The van der Waals surface area contributed by atoms with Crippen molar-refractivity contribution in [2.75, 3.05) is 0 Å². The molecular formula is C13H21NO2. The standard InChI is InChI=1S/C9H11NO2.C4H10/c10-9(12)6-3-7-1-4-8(11)5-2-7;1-3-4-2/h1-2,4-5,11H,3,6H2,(H2,10,12);3-4H2,1-2H3. The molecule has 0 radical (unpaired) electrons. The Morgan fingerprint density at radius 3 is 2.06 bits per heavy atom. The van der Waals surface area contributed by atoms with Crippen molar-refractivity contribution in [1.29, 1.82) is 0 Å². The van der Waals surface area contributed by atoms with Crippen LogP contribution in [-0.2, 0) is 11.2 Å². The van der Waals surface area contributed by atoms with Gasteiger partial charge in [0, 0.05) is 6.42 Å².